The second kappa shape index (κ2) is 10.3. The van der Waals surface area contributed by atoms with Gasteiger partial charge in [-0.25, -0.2) is 12.8 Å². The van der Waals surface area contributed by atoms with Crippen LogP contribution in [0.25, 0.3) is 0 Å². The van der Waals surface area contributed by atoms with Crippen molar-refractivity contribution in [2.24, 2.45) is 4.99 Å². The van der Waals surface area contributed by atoms with Crippen LogP contribution < -0.4 is 10.6 Å². The molecule has 0 fully saturated rings. The number of halogens is 2. The van der Waals surface area contributed by atoms with Crippen molar-refractivity contribution in [3.05, 3.63) is 35.1 Å². The highest BCUT2D eigenvalue weighted by atomic mass is 127. The van der Waals surface area contributed by atoms with E-state index in [1.165, 1.54) is 12.1 Å². The Labute approximate surface area is 167 Å². The smallest absolute Gasteiger partial charge is 0.191 e. The van der Waals surface area contributed by atoms with Crippen molar-refractivity contribution in [2.45, 2.75) is 38.9 Å². The van der Waals surface area contributed by atoms with Gasteiger partial charge in [0, 0.05) is 20.1 Å². The highest BCUT2D eigenvalue weighted by Gasteiger charge is 2.28. The van der Waals surface area contributed by atoms with Crippen molar-refractivity contribution in [3.63, 3.8) is 0 Å². The molecular weight excluding hydrogens is 456 g/mol. The predicted molar refractivity (Wildman–Crippen MR) is 113 cm³/mol. The fourth-order valence-electron chi connectivity index (χ4n) is 2.09. The van der Waals surface area contributed by atoms with Gasteiger partial charge < -0.3 is 10.6 Å². The second-order valence-corrected chi connectivity index (χ2v) is 9.54. The lowest BCUT2D eigenvalue weighted by Crippen LogP contribution is -2.42. The molecular formula is C17H29FIN3O2S. The summed E-state index contributed by atoms with van der Waals surface area (Å²) in [5.74, 6) is 0.370. The van der Waals surface area contributed by atoms with Crippen LogP contribution in [0, 0.1) is 12.7 Å². The van der Waals surface area contributed by atoms with E-state index in [4.69, 9.17) is 0 Å². The maximum absolute atomic E-state index is 13.1. The summed E-state index contributed by atoms with van der Waals surface area (Å²) in [5.41, 5.74) is 1.98. The fourth-order valence-corrected chi connectivity index (χ4v) is 3.07. The van der Waals surface area contributed by atoms with Gasteiger partial charge in [-0.1, -0.05) is 6.07 Å². The average molecular weight is 485 g/mol. The summed E-state index contributed by atoms with van der Waals surface area (Å²) in [5, 5.41) is 6.14. The number of benzene rings is 1. The molecule has 0 amide bonds. The molecule has 0 aliphatic rings. The van der Waals surface area contributed by atoms with Crippen LogP contribution in [-0.4, -0.2) is 45.0 Å². The zero-order valence-corrected chi connectivity index (χ0v) is 18.7. The molecule has 144 valence electrons. The van der Waals surface area contributed by atoms with Gasteiger partial charge in [-0.2, -0.15) is 0 Å². The summed E-state index contributed by atoms with van der Waals surface area (Å²) < 4.78 is 36.4. The van der Waals surface area contributed by atoms with Gasteiger partial charge in [0.2, 0.25) is 0 Å². The third-order valence-corrected chi connectivity index (χ3v) is 6.42. The number of hydrogen-bond acceptors (Lipinski definition) is 3. The van der Waals surface area contributed by atoms with Gasteiger partial charge in [0.15, 0.2) is 15.8 Å². The summed E-state index contributed by atoms with van der Waals surface area (Å²) in [4.78, 5) is 4.08. The molecule has 5 nitrogen and oxygen atoms in total. The first kappa shape index (κ1) is 24.1. The summed E-state index contributed by atoms with van der Waals surface area (Å²) in [6.07, 6.45) is 0.729. The summed E-state index contributed by atoms with van der Waals surface area (Å²) >= 11 is 0. The lowest BCUT2D eigenvalue weighted by Gasteiger charge is -2.19. The topological polar surface area (TPSA) is 70.6 Å². The number of hydrogen-bond donors (Lipinski definition) is 2. The number of rotatable bonds is 6. The fraction of sp³-hybridized carbons (Fsp3) is 0.588. The van der Waals surface area contributed by atoms with Crippen LogP contribution in [-0.2, 0) is 16.3 Å². The SMILES string of the molecule is CN=C(NCCc1ccc(F)cc1C)NCCS(=O)(=O)C(C)(C)C.I. The van der Waals surface area contributed by atoms with E-state index in [1.54, 1.807) is 33.9 Å². The maximum atomic E-state index is 13.1. The van der Waals surface area contributed by atoms with Crippen molar-refractivity contribution in [2.75, 3.05) is 25.9 Å². The number of aliphatic imine (C=N–C) groups is 1. The molecule has 0 spiro atoms. The minimum atomic E-state index is -3.16. The third kappa shape index (κ3) is 7.89. The van der Waals surface area contributed by atoms with Crippen molar-refractivity contribution < 1.29 is 12.8 Å². The molecule has 1 aromatic carbocycles. The van der Waals surface area contributed by atoms with Crippen LogP contribution in [0.2, 0.25) is 0 Å². The Morgan fingerprint density at radius 2 is 1.80 bits per heavy atom. The standard InChI is InChI=1S/C17H28FN3O2S.HI/c1-13-12-15(18)7-6-14(13)8-9-20-16(19-5)21-10-11-24(22,23)17(2,3)4;/h6-7,12H,8-11H2,1-5H3,(H2,19,20,21);1H. The van der Waals surface area contributed by atoms with Gasteiger partial charge in [-0.3, -0.25) is 4.99 Å². The molecule has 0 aliphatic heterocycles. The van der Waals surface area contributed by atoms with Crippen LogP contribution in [0.3, 0.4) is 0 Å². The van der Waals surface area contributed by atoms with Gasteiger partial charge >= 0.3 is 0 Å². The van der Waals surface area contributed by atoms with E-state index in [1.807, 2.05) is 6.92 Å². The van der Waals surface area contributed by atoms with Crippen LogP contribution in [0.1, 0.15) is 31.9 Å². The van der Waals surface area contributed by atoms with Gasteiger partial charge in [0.1, 0.15) is 5.82 Å². The van der Waals surface area contributed by atoms with E-state index in [-0.39, 0.29) is 35.5 Å². The van der Waals surface area contributed by atoms with Gasteiger partial charge in [0.05, 0.1) is 10.5 Å². The number of sulfone groups is 1. The van der Waals surface area contributed by atoms with Crippen molar-refractivity contribution in [1.29, 1.82) is 0 Å². The molecule has 0 bridgehead atoms. The molecule has 0 saturated heterocycles. The molecule has 8 heteroatoms. The first-order chi connectivity index (χ1) is 11.1. The average Bonchev–Trinajstić information content (AvgIpc) is 2.46. The van der Waals surface area contributed by atoms with Crippen molar-refractivity contribution in [1.82, 2.24) is 10.6 Å². The monoisotopic (exact) mass is 485 g/mol. The predicted octanol–water partition coefficient (Wildman–Crippen LogP) is 2.67. The largest absolute Gasteiger partial charge is 0.356 e. The molecule has 0 radical (unpaired) electrons. The number of guanidine groups is 1. The Kier molecular flexibility index (Phi) is 9.93. The molecule has 2 N–H and O–H groups in total. The molecule has 0 atom stereocenters. The minimum absolute atomic E-state index is 0. The molecule has 0 saturated carbocycles. The van der Waals surface area contributed by atoms with E-state index in [0.717, 1.165) is 17.5 Å². The number of nitrogens with one attached hydrogen (secondary N) is 2. The zero-order valence-electron chi connectivity index (χ0n) is 15.5. The first-order valence-electron chi connectivity index (χ1n) is 7.98. The highest BCUT2D eigenvalue weighted by Crippen LogP contribution is 2.15. The van der Waals surface area contributed by atoms with Gasteiger partial charge in [-0.05, 0) is 57.4 Å². The Bertz CT molecular complexity index is 686. The van der Waals surface area contributed by atoms with Crippen LogP contribution in [0.15, 0.2) is 23.2 Å². The quantitative estimate of drug-likeness (QED) is 0.370. The van der Waals surface area contributed by atoms with Gasteiger partial charge in [-0.15, -0.1) is 24.0 Å². The van der Waals surface area contributed by atoms with Crippen LogP contribution >= 0.6 is 24.0 Å². The van der Waals surface area contributed by atoms with E-state index in [0.29, 0.717) is 19.0 Å². The van der Waals surface area contributed by atoms with E-state index >= 15 is 0 Å². The summed E-state index contributed by atoms with van der Waals surface area (Å²) in [6, 6.07) is 4.74. The number of aryl methyl sites for hydroxylation is 1. The van der Waals surface area contributed by atoms with Crippen LogP contribution in [0.4, 0.5) is 4.39 Å². The maximum Gasteiger partial charge on any atom is 0.191 e. The number of nitrogens with zero attached hydrogens (tertiary/aromatic N) is 1. The normalized spacial score (nSPS) is 12.5. The third-order valence-electron chi connectivity index (χ3n) is 3.81. The first-order valence-corrected chi connectivity index (χ1v) is 9.64. The molecule has 0 heterocycles. The van der Waals surface area contributed by atoms with E-state index < -0.39 is 14.6 Å². The minimum Gasteiger partial charge on any atom is -0.356 e. The van der Waals surface area contributed by atoms with Gasteiger partial charge in [0.25, 0.3) is 0 Å². The molecule has 0 aromatic heterocycles. The van der Waals surface area contributed by atoms with Crippen molar-refractivity contribution in [3.8, 4) is 0 Å². The Hall–Kier alpha value is -0.900. The molecule has 0 aliphatic carbocycles. The Morgan fingerprint density at radius 1 is 1.20 bits per heavy atom. The molecule has 1 rings (SSSR count). The Morgan fingerprint density at radius 3 is 2.32 bits per heavy atom. The summed E-state index contributed by atoms with van der Waals surface area (Å²) in [7, 11) is -1.52. The molecule has 0 unspecified atom stereocenters. The highest BCUT2D eigenvalue weighted by molar-refractivity contribution is 14.0. The van der Waals surface area contributed by atoms with E-state index in [2.05, 4.69) is 15.6 Å². The van der Waals surface area contributed by atoms with Crippen molar-refractivity contribution >= 4 is 39.8 Å². The van der Waals surface area contributed by atoms with Crippen LogP contribution in [0.5, 0.6) is 0 Å². The lowest BCUT2D eigenvalue weighted by atomic mass is 10.1. The summed E-state index contributed by atoms with van der Waals surface area (Å²) in [6.45, 7) is 7.89. The molecule has 25 heavy (non-hydrogen) atoms. The second-order valence-electron chi connectivity index (χ2n) is 6.68. The lowest BCUT2D eigenvalue weighted by molar-refractivity contribution is 0.559. The van der Waals surface area contributed by atoms with E-state index in [9.17, 15) is 12.8 Å². The Balaban J connectivity index is 0.00000576. The molecule has 1 aromatic rings. The zero-order chi connectivity index (χ0) is 18.4.